The Morgan fingerprint density at radius 3 is 2.42 bits per heavy atom. The van der Waals surface area contributed by atoms with Crippen molar-refractivity contribution in [3.05, 3.63) is 112 Å². The average Bonchev–Trinajstić information content (AvgIpc) is 3.60. The molecule has 2 N–H and O–H groups in total. The molecule has 5 aromatic rings. The number of nitrogens with zero attached hydrogens (tertiary/aromatic N) is 7. The summed E-state index contributed by atoms with van der Waals surface area (Å²) in [5.74, 6) is -0.0908. The van der Waals surface area contributed by atoms with E-state index in [-0.39, 0.29) is 23.5 Å². The normalized spacial score (nSPS) is 15.3. The molecule has 1 aliphatic heterocycles. The van der Waals surface area contributed by atoms with Gasteiger partial charge in [0.1, 0.15) is 11.8 Å². The molecule has 6 rings (SSSR count). The van der Waals surface area contributed by atoms with Gasteiger partial charge in [0, 0.05) is 61.6 Å². The first-order chi connectivity index (χ1) is 23.9. The zero-order valence-electron chi connectivity index (χ0n) is 29.5. The summed E-state index contributed by atoms with van der Waals surface area (Å²) >= 11 is 6.91. The maximum absolute atomic E-state index is 13.0. The molecule has 2 aromatic heterocycles. The molecule has 50 heavy (non-hydrogen) atoms. The van der Waals surface area contributed by atoms with Crippen LogP contribution in [0.3, 0.4) is 0 Å². The standard InChI is InChI=1S/C39H44ClN9O/c1-25(26-11-8-7-9-12-26)43-35-29(22-41)23-42-37-32(35)20-30(21-33(37)40)44-36(27-13-10-14-28(19-27)38(50)47(5)6)34-24-49(46-45-34)31-15-17-48(18-16-31)39(2,3)4/h7-14,19-21,23-25,31,36,44H,15-18H2,1-6H3,(H,42,43)/t25-,36+/m1/s1. The van der Waals surface area contributed by atoms with Crippen LogP contribution in [0.4, 0.5) is 11.4 Å². The van der Waals surface area contributed by atoms with Crippen molar-refractivity contribution in [3.63, 3.8) is 0 Å². The first-order valence-corrected chi connectivity index (χ1v) is 17.4. The Balaban J connectivity index is 1.39. The second kappa shape index (κ2) is 14.5. The van der Waals surface area contributed by atoms with Crippen LogP contribution in [0, 0.1) is 11.3 Å². The summed E-state index contributed by atoms with van der Waals surface area (Å²) in [6, 6.07) is 23.4. The third-order valence-electron chi connectivity index (χ3n) is 9.50. The van der Waals surface area contributed by atoms with Gasteiger partial charge in [0.25, 0.3) is 5.91 Å². The number of piperidine rings is 1. The average molecular weight is 690 g/mol. The Morgan fingerprint density at radius 1 is 1.02 bits per heavy atom. The van der Waals surface area contributed by atoms with Gasteiger partial charge in [-0.1, -0.05) is 59.3 Å². The number of pyridine rings is 1. The van der Waals surface area contributed by atoms with E-state index in [0.717, 1.165) is 37.1 Å². The van der Waals surface area contributed by atoms with E-state index >= 15 is 0 Å². The fourth-order valence-electron chi connectivity index (χ4n) is 6.63. The smallest absolute Gasteiger partial charge is 0.253 e. The number of anilines is 2. The molecule has 3 aromatic carbocycles. The van der Waals surface area contributed by atoms with Gasteiger partial charge in [-0.25, -0.2) is 4.68 Å². The minimum absolute atomic E-state index is 0.0840. The van der Waals surface area contributed by atoms with E-state index < -0.39 is 6.04 Å². The predicted molar refractivity (Wildman–Crippen MR) is 199 cm³/mol. The van der Waals surface area contributed by atoms with E-state index in [1.54, 1.807) is 25.2 Å². The molecule has 11 heteroatoms. The van der Waals surface area contributed by atoms with Crippen LogP contribution < -0.4 is 10.6 Å². The number of fused-ring (bicyclic) bond motifs is 1. The second-order valence-corrected chi connectivity index (χ2v) is 14.6. The number of benzene rings is 3. The van der Waals surface area contributed by atoms with Gasteiger partial charge < -0.3 is 15.5 Å². The number of hydrogen-bond donors (Lipinski definition) is 2. The summed E-state index contributed by atoms with van der Waals surface area (Å²) < 4.78 is 1.99. The highest BCUT2D eigenvalue weighted by molar-refractivity contribution is 6.35. The van der Waals surface area contributed by atoms with Crippen LogP contribution in [0.1, 0.15) is 91.4 Å². The lowest BCUT2D eigenvalue weighted by atomic mass is 9.98. The SMILES string of the molecule is C[C@@H](Nc1c(C#N)cnc2c(Cl)cc(N[C@@H](c3cccc(C(=O)N(C)C)c3)c3cn(C4CCN(C(C)(C)C)CC4)nn3)cc12)c1ccccc1. The van der Waals surface area contributed by atoms with Gasteiger partial charge in [-0.15, -0.1) is 5.10 Å². The number of carbonyl (C=O) groups is 1. The Kier molecular flexibility index (Phi) is 10.1. The summed E-state index contributed by atoms with van der Waals surface area (Å²) in [5.41, 5.74) is 5.71. The van der Waals surface area contributed by atoms with E-state index in [4.69, 9.17) is 11.6 Å². The summed E-state index contributed by atoms with van der Waals surface area (Å²) in [4.78, 5) is 21.6. The van der Waals surface area contributed by atoms with Crippen LogP contribution >= 0.6 is 11.6 Å². The number of aromatic nitrogens is 4. The molecule has 1 fully saturated rings. The molecular weight excluding hydrogens is 646 g/mol. The molecule has 1 aliphatic rings. The molecule has 0 saturated carbocycles. The lowest BCUT2D eigenvalue weighted by Crippen LogP contribution is -2.46. The van der Waals surface area contributed by atoms with Crippen molar-refractivity contribution in [3.8, 4) is 6.07 Å². The fraction of sp³-hybridized carbons (Fsp3) is 0.359. The molecule has 258 valence electrons. The van der Waals surface area contributed by atoms with Crippen molar-refractivity contribution in [2.24, 2.45) is 0 Å². The minimum Gasteiger partial charge on any atom is -0.377 e. The minimum atomic E-state index is -0.464. The number of carbonyl (C=O) groups excluding carboxylic acids is 1. The van der Waals surface area contributed by atoms with Gasteiger partial charge in [-0.05, 0) is 75.9 Å². The topological polar surface area (TPSA) is 115 Å². The first kappa shape index (κ1) is 34.9. The molecule has 2 atom stereocenters. The van der Waals surface area contributed by atoms with E-state index in [9.17, 15) is 10.1 Å². The van der Waals surface area contributed by atoms with E-state index in [2.05, 4.69) is 64.6 Å². The zero-order valence-corrected chi connectivity index (χ0v) is 30.2. The van der Waals surface area contributed by atoms with Gasteiger partial charge in [0.15, 0.2) is 0 Å². The van der Waals surface area contributed by atoms with E-state index in [1.807, 2.05) is 77.6 Å². The van der Waals surface area contributed by atoms with Crippen molar-refractivity contribution in [2.45, 2.75) is 64.2 Å². The fourth-order valence-corrected chi connectivity index (χ4v) is 6.90. The molecule has 0 spiro atoms. The summed E-state index contributed by atoms with van der Waals surface area (Å²) in [7, 11) is 3.48. The van der Waals surface area contributed by atoms with Crippen molar-refractivity contribution >= 4 is 39.8 Å². The summed E-state index contributed by atoms with van der Waals surface area (Å²) in [6.07, 6.45) is 5.54. The van der Waals surface area contributed by atoms with Gasteiger partial charge in [0.2, 0.25) is 0 Å². The number of likely N-dealkylation sites (tertiary alicyclic amines) is 1. The maximum atomic E-state index is 13.0. The predicted octanol–water partition coefficient (Wildman–Crippen LogP) is 7.86. The largest absolute Gasteiger partial charge is 0.377 e. The van der Waals surface area contributed by atoms with Crippen LogP contribution in [0.2, 0.25) is 5.02 Å². The molecule has 1 saturated heterocycles. The van der Waals surface area contributed by atoms with Crippen molar-refractivity contribution in [1.82, 2.24) is 29.8 Å². The van der Waals surface area contributed by atoms with Gasteiger partial charge >= 0.3 is 0 Å². The Labute approximate surface area is 299 Å². The van der Waals surface area contributed by atoms with Gasteiger partial charge in [0.05, 0.1) is 40.1 Å². The van der Waals surface area contributed by atoms with Gasteiger partial charge in [-0.2, -0.15) is 5.26 Å². The summed E-state index contributed by atoms with van der Waals surface area (Å²) in [6.45, 7) is 10.8. The highest BCUT2D eigenvalue weighted by Crippen LogP contribution is 2.37. The molecule has 0 aliphatic carbocycles. The third-order valence-corrected chi connectivity index (χ3v) is 9.79. The van der Waals surface area contributed by atoms with E-state index in [0.29, 0.717) is 44.1 Å². The van der Waals surface area contributed by atoms with Crippen LogP contribution in [0.25, 0.3) is 10.9 Å². The van der Waals surface area contributed by atoms with Crippen molar-refractivity contribution in [1.29, 1.82) is 5.26 Å². The number of nitrogens with one attached hydrogen (secondary N) is 2. The number of nitriles is 1. The monoisotopic (exact) mass is 689 g/mol. The highest BCUT2D eigenvalue weighted by Gasteiger charge is 2.29. The van der Waals surface area contributed by atoms with Crippen LogP contribution in [-0.4, -0.2) is 68.4 Å². The number of hydrogen-bond acceptors (Lipinski definition) is 8. The van der Waals surface area contributed by atoms with Crippen LogP contribution in [0.5, 0.6) is 0 Å². The third kappa shape index (κ3) is 7.44. The lowest BCUT2D eigenvalue weighted by Gasteiger charge is -2.40. The molecule has 1 amide bonds. The lowest BCUT2D eigenvalue weighted by molar-refractivity contribution is 0.0827. The number of amides is 1. The summed E-state index contributed by atoms with van der Waals surface area (Å²) in [5, 5.41) is 27.8. The van der Waals surface area contributed by atoms with Gasteiger partial charge in [-0.3, -0.25) is 14.7 Å². The van der Waals surface area contributed by atoms with Crippen molar-refractivity contribution in [2.75, 3.05) is 37.8 Å². The Hall–Kier alpha value is -4.98. The first-order valence-electron chi connectivity index (χ1n) is 17.0. The van der Waals surface area contributed by atoms with Crippen LogP contribution in [0.15, 0.2) is 79.1 Å². The molecule has 10 nitrogen and oxygen atoms in total. The second-order valence-electron chi connectivity index (χ2n) is 14.2. The highest BCUT2D eigenvalue weighted by atomic mass is 35.5. The molecular formula is C39H44ClN9O. The molecule has 0 radical (unpaired) electrons. The molecule has 3 heterocycles. The Morgan fingerprint density at radius 2 is 1.74 bits per heavy atom. The van der Waals surface area contributed by atoms with Crippen molar-refractivity contribution < 1.29 is 4.79 Å². The Bertz CT molecular complexity index is 2020. The number of halogens is 1. The maximum Gasteiger partial charge on any atom is 0.253 e. The van der Waals surface area contributed by atoms with E-state index in [1.165, 1.54) is 0 Å². The number of rotatable bonds is 9. The zero-order chi connectivity index (χ0) is 35.6. The molecule has 0 unspecified atom stereocenters. The quantitative estimate of drug-likeness (QED) is 0.161. The van der Waals surface area contributed by atoms with Crippen LogP contribution in [-0.2, 0) is 0 Å². The molecule has 0 bridgehead atoms.